The van der Waals surface area contributed by atoms with E-state index in [9.17, 15) is 5.11 Å². The van der Waals surface area contributed by atoms with Crippen LogP contribution in [0.3, 0.4) is 0 Å². The second-order valence-corrected chi connectivity index (χ2v) is 5.75. The van der Waals surface area contributed by atoms with Crippen LogP contribution in [0, 0.1) is 0 Å². The number of benzene rings is 1. The molecular weight excluding hydrogens is 262 g/mol. The summed E-state index contributed by atoms with van der Waals surface area (Å²) in [6.07, 6.45) is 3.06. The average molecular weight is 287 g/mol. The van der Waals surface area contributed by atoms with Crippen LogP contribution in [0.4, 0.5) is 5.69 Å². The molecule has 0 radical (unpaired) electrons. The number of aliphatic hydroxyl groups excluding tert-OH is 1. The Labute approximate surface area is 127 Å². The maximum Gasteiger partial charge on any atom is 0.0846 e. The van der Waals surface area contributed by atoms with Crippen LogP contribution in [0.25, 0.3) is 0 Å². The molecule has 0 aliphatic heterocycles. The van der Waals surface area contributed by atoms with Crippen LogP contribution in [0.2, 0.25) is 0 Å². The van der Waals surface area contributed by atoms with Crippen LogP contribution in [-0.4, -0.2) is 29.0 Å². The molecule has 1 aromatic heterocycles. The molecule has 0 spiro atoms. The number of anilines is 1. The minimum atomic E-state index is -0.523. The first-order valence-corrected chi connectivity index (χ1v) is 7.50. The first-order valence-electron chi connectivity index (χ1n) is 7.50. The highest BCUT2D eigenvalue weighted by Crippen LogP contribution is 2.22. The van der Waals surface area contributed by atoms with Crippen molar-refractivity contribution in [3.63, 3.8) is 0 Å². The van der Waals surface area contributed by atoms with E-state index >= 15 is 0 Å². The van der Waals surface area contributed by atoms with E-state index in [1.165, 1.54) is 0 Å². The number of hydrogen-bond donors (Lipinski definition) is 1. The molecule has 0 aliphatic carbocycles. The van der Waals surface area contributed by atoms with Crippen molar-refractivity contribution in [1.82, 2.24) is 9.78 Å². The topological polar surface area (TPSA) is 41.3 Å². The van der Waals surface area contributed by atoms with Crippen LogP contribution in [0.1, 0.15) is 43.7 Å². The molecule has 2 rings (SSSR count). The molecule has 1 aromatic carbocycles. The van der Waals surface area contributed by atoms with E-state index in [0.717, 1.165) is 23.4 Å². The summed E-state index contributed by atoms with van der Waals surface area (Å²) in [6.45, 7) is 4.29. The molecule has 4 heteroatoms. The second kappa shape index (κ2) is 6.76. The molecule has 0 fully saturated rings. The maximum atomic E-state index is 10.4. The summed E-state index contributed by atoms with van der Waals surface area (Å²) in [6, 6.07) is 10.4. The van der Waals surface area contributed by atoms with E-state index < -0.39 is 6.10 Å². The largest absolute Gasteiger partial charge is 0.388 e. The standard InChI is InChI=1S/C17H25N3O/c1-5-13(2)20-10-9-15(18-20)12-17(21)14-7-6-8-16(11-14)19(3)4/h6-11,13,17,21H,5,12H2,1-4H3. The van der Waals surface area contributed by atoms with Gasteiger partial charge in [0.25, 0.3) is 0 Å². The van der Waals surface area contributed by atoms with Crippen LogP contribution >= 0.6 is 0 Å². The Morgan fingerprint density at radius 2 is 2.05 bits per heavy atom. The zero-order chi connectivity index (χ0) is 15.4. The lowest BCUT2D eigenvalue weighted by molar-refractivity contribution is 0.177. The van der Waals surface area contributed by atoms with Crippen molar-refractivity contribution in [3.05, 3.63) is 47.8 Å². The fraction of sp³-hybridized carbons (Fsp3) is 0.471. The van der Waals surface area contributed by atoms with E-state index in [-0.39, 0.29) is 0 Å². The Hall–Kier alpha value is -1.81. The molecule has 114 valence electrons. The third-order valence-electron chi connectivity index (χ3n) is 3.88. The predicted octanol–water partition coefficient (Wildman–Crippen LogP) is 3.20. The molecule has 0 amide bonds. The zero-order valence-corrected chi connectivity index (χ0v) is 13.3. The summed E-state index contributed by atoms with van der Waals surface area (Å²) in [4.78, 5) is 2.04. The van der Waals surface area contributed by atoms with Crippen LogP contribution in [0.15, 0.2) is 36.5 Å². The molecule has 0 saturated carbocycles. The monoisotopic (exact) mass is 287 g/mol. The van der Waals surface area contributed by atoms with Gasteiger partial charge >= 0.3 is 0 Å². The van der Waals surface area contributed by atoms with Crippen LogP contribution in [0.5, 0.6) is 0 Å². The molecule has 0 aliphatic rings. The van der Waals surface area contributed by atoms with E-state index in [1.807, 2.05) is 60.2 Å². The lowest BCUT2D eigenvalue weighted by atomic mass is 10.0. The normalized spacial score (nSPS) is 14.0. The molecule has 2 unspecified atom stereocenters. The van der Waals surface area contributed by atoms with Crippen molar-refractivity contribution in [3.8, 4) is 0 Å². The number of nitrogens with zero attached hydrogens (tertiary/aromatic N) is 3. The summed E-state index contributed by atoms with van der Waals surface area (Å²) in [5, 5.41) is 15.0. The number of hydrogen-bond acceptors (Lipinski definition) is 3. The van der Waals surface area contributed by atoms with Gasteiger partial charge in [0.2, 0.25) is 0 Å². The Bertz CT molecular complexity index is 577. The van der Waals surface area contributed by atoms with Gasteiger partial charge in [-0.3, -0.25) is 4.68 Å². The first-order chi connectivity index (χ1) is 10.0. The SMILES string of the molecule is CCC(C)n1ccc(CC(O)c2cccc(N(C)C)c2)n1. The molecule has 0 bridgehead atoms. The molecule has 4 nitrogen and oxygen atoms in total. The second-order valence-electron chi connectivity index (χ2n) is 5.75. The van der Waals surface area contributed by atoms with Gasteiger partial charge in [0.1, 0.15) is 0 Å². The predicted molar refractivity (Wildman–Crippen MR) is 86.7 cm³/mol. The Morgan fingerprint density at radius 3 is 2.71 bits per heavy atom. The lowest BCUT2D eigenvalue weighted by Crippen LogP contribution is -2.10. The fourth-order valence-electron chi connectivity index (χ4n) is 2.24. The maximum absolute atomic E-state index is 10.4. The molecule has 0 saturated heterocycles. The van der Waals surface area contributed by atoms with E-state index in [1.54, 1.807) is 0 Å². The third-order valence-corrected chi connectivity index (χ3v) is 3.88. The highest BCUT2D eigenvalue weighted by atomic mass is 16.3. The van der Waals surface area contributed by atoms with Crippen LogP contribution in [-0.2, 0) is 6.42 Å². The van der Waals surface area contributed by atoms with Crippen molar-refractivity contribution in [2.45, 2.75) is 38.8 Å². The smallest absolute Gasteiger partial charge is 0.0846 e. The van der Waals surface area contributed by atoms with Gasteiger partial charge in [0.15, 0.2) is 0 Å². The molecule has 1 heterocycles. The minimum absolute atomic E-state index is 0.396. The Kier molecular flexibility index (Phi) is 5.02. The van der Waals surface area contributed by atoms with E-state index in [0.29, 0.717) is 12.5 Å². The highest BCUT2D eigenvalue weighted by molar-refractivity contribution is 5.47. The Morgan fingerprint density at radius 1 is 1.29 bits per heavy atom. The van der Waals surface area contributed by atoms with Gasteiger partial charge in [-0.15, -0.1) is 0 Å². The quantitative estimate of drug-likeness (QED) is 0.887. The number of aromatic nitrogens is 2. The molecular formula is C17H25N3O. The number of rotatable bonds is 6. The van der Waals surface area contributed by atoms with Crippen molar-refractivity contribution in [2.24, 2.45) is 0 Å². The van der Waals surface area contributed by atoms with Crippen molar-refractivity contribution in [1.29, 1.82) is 0 Å². The van der Waals surface area contributed by atoms with Crippen molar-refractivity contribution in [2.75, 3.05) is 19.0 Å². The fourth-order valence-corrected chi connectivity index (χ4v) is 2.24. The summed E-state index contributed by atoms with van der Waals surface area (Å²) in [5.41, 5.74) is 2.95. The van der Waals surface area contributed by atoms with E-state index in [2.05, 4.69) is 18.9 Å². The van der Waals surface area contributed by atoms with Crippen molar-refractivity contribution >= 4 is 5.69 Å². The van der Waals surface area contributed by atoms with Gasteiger partial charge in [-0.1, -0.05) is 19.1 Å². The van der Waals surface area contributed by atoms with Crippen molar-refractivity contribution < 1.29 is 5.11 Å². The molecule has 2 aromatic rings. The average Bonchev–Trinajstić information content (AvgIpc) is 2.95. The molecule has 21 heavy (non-hydrogen) atoms. The lowest BCUT2D eigenvalue weighted by Gasteiger charge is -2.16. The summed E-state index contributed by atoms with van der Waals surface area (Å²) >= 11 is 0. The van der Waals surface area contributed by atoms with Gasteiger partial charge in [-0.2, -0.15) is 5.10 Å². The van der Waals surface area contributed by atoms with Gasteiger partial charge in [-0.25, -0.2) is 0 Å². The van der Waals surface area contributed by atoms with Gasteiger partial charge in [0.05, 0.1) is 11.8 Å². The molecule has 1 N–H and O–H groups in total. The first kappa shape index (κ1) is 15.6. The van der Waals surface area contributed by atoms with Crippen LogP contribution < -0.4 is 4.90 Å². The highest BCUT2D eigenvalue weighted by Gasteiger charge is 2.12. The zero-order valence-electron chi connectivity index (χ0n) is 13.3. The van der Waals surface area contributed by atoms with E-state index in [4.69, 9.17) is 0 Å². The molecule has 2 atom stereocenters. The Balaban J connectivity index is 2.09. The third kappa shape index (κ3) is 3.85. The summed E-state index contributed by atoms with van der Waals surface area (Å²) < 4.78 is 1.97. The minimum Gasteiger partial charge on any atom is -0.388 e. The summed E-state index contributed by atoms with van der Waals surface area (Å²) in [5.74, 6) is 0. The number of aliphatic hydroxyl groups is 1. The summed E-state index contributed by atoms with van der Waals surface area (Å²) in [7, 11) is 4.00. The van der Waals surface area contributed by atoms with Gasteiger partial charge in [0, 0.05) is 38.4 Å². The van der Waals surface area contributed by atoms with Gasteiger partial charge in [-0.05, 0) is 37.1 Å². The van der Waals surface area contributed by atoms with Gasteiger partial charge < -0.3 is 10.0 Å².